The van der Waals surface area contributed by atoms with E-state index in [2.05, 4.69) is 34.5 Å². The number of hydrogen-bond donors (Lipinski definition) is 0. The number of esters is 1. The minimum Gasteiger partial charge on any atom is -0.469 e. The molecule has 11 nitrogen and oxygen atoms in total. The highest BCUT2D eigenvalue weighted by Gasteiger charge is 2.25. The van der Waals surface area contributed by atoms with E-state index in [0.29, 0.717) is 25.5 Å². The summed E-state index contributed by atoms with van der Waals surface area (Å²) in [5.41, 5.74) is 0.936. The molecule has 2 heterocycles. The number of hydrogen-bond acceptors (Lipinski definition) is 9. The summed E-state index contributed by atoms with van der Waals surface area (Å²) in [7, 11) is 1.35. The summed E-state index contributed by atoms with van der Waals surface area (Å²) in [5, 5.41) is 16.6. The molecule has 0 aliphatic rings. The Morgan fingerprint density at radius 2 is 1.82 bits per heavy atom. The fourth-order valence-corrected chi connectivity index (χ4v) is 3.17. The van der Waals surface area contributed by atoms with Crippen molar-refractivity contribution in [3.8, 4) is 0 Å². The summed E-state index contributed by atoms with van der Waals surface area (Å²) in [6.07, 6.45) is 4.55. The fraction of sp³-hybridized carbons (Fsp3) is 0.773. The maximum absolute atomic E-state index is 11.8. The third-order valence-electron chi connectivity index (χ3n) is 5.19. The van der Waals surface area contributed by atoms with Crippen molar-refractivity contribution < 1.29 is 23.7 Å². The summed E-state index contributed by atoms with van der Waals surface area (Å²) in [6, 6.07) is 0. The second kappa shape index (κ2) is 12.2. The molecule has 1 unspecified atom stereocenters. The van der Waals surface area contributed by atoms with Gasteiger partial charge in [-0.25, -0.2) is 9.36 Å². The molecule has 2 rings (SSSR count). The number of rotatable bonds is 15. The van der Waals surface area contributed by atoms with Crippen molar-refractivity contribution in [3.63, 3.8) is 0 Å². The molecule has 0 radical (unpaired) electrons. The van der Waals surface area contributed by atoms with E-state index in [1.807, 2.05) is 44.8 Å². The maximum Gasteiger partial charge on any atom is 0.313 e. The van der Waals surface area contributed by atoms with Gasteiger partial charge in [-0.05, 0) is 48.0 Å². The monoisotopic (exact) mass is 466 g/mol. The van der Waals surface area contributed by atoms with Crippen LogP contribution in [0, 0.1) is 12.8 Å². The summed E-state index contributed by atoms with van der Waals surface area (Å²) in [6.45, 7) is 14.4. The molecule has 186 valence electrons. The van der Waals surface area contributed by atoms with Crippen LogP contribution in [0.3, 0.4) is 0 Å². The lowest BCUT2D eigenvalue weighted by Crippen LogP contribution is -2.34. The summed E-state index contributed by atoms with van der Waals surface area (Å²) in [4.78, 5) is 11.8. The van der Waals surface area contributed by atoms with Gasteiger partial charge >= 0.3 is 5.97 Å². The van der Waals surface area contributed by atoms with Crippen LogP contribution in [0.15, 0.2) is 12.4 Å². The van der Waals surface area contributed by atoms with Crippen LogP contribution < -0.4 is 0 Å². The molecule has 2 aromatic heterocycles. The van der Waals surface area contributed by atoms with Gasteiger partial charge in [0.15, 0.2) is 0 Å². The number of carbonyl (C=O) groups is 1. The molecule has 0 bridgehead atoms. The summed E-state index contributed by atoms with van der Waals surface area (Å²) >= 11 is 0. The Hall–Kier alpha value is -2.37. The van der Waals surface area contributed by atoms with E-state index in [9.17, 15) is 4.79 Å². The van der Waals surface area contributed by atoms with Crippen molar-refractivity contribution in [1.29, 1.82) is 0 Å². The van der Waals surface area contributed by atoms with Gasteiger partial charge in [0, 0.05) is 19.4 Å². The van der Waals surface area contributed by atoms with E-state index in [1.54, 1.807) is 4.68 Å². The molecule has 0 aliphatic heterocycles. The van der Waals surface area contributed by atoms with Crippen molar-refractivity contribution >= 4 is 5.97 Å². The van der Waals surface area contributed by atoms with Crippen LogP contribution in [0.25, 0.3) is 0 Å². The molecule has 1 atom stereocenters. The van der Waals surface area contributed by atoms with Crippen LogP contribution in [0.2, 0.25) is 0 Å². The molecule has 0 spiro atoms. The second-order valence-electron chi connectivity index (χ2n) is 9.28. The number of ether oxygens (including phenoxy) is 4. The number of aromatic nitrogens is 6. The quantitative estimate of drug-likeness (QED) is 0.364. The molecule has 0 N–H and O–H groups in total. The first-order valence-electron chi connectivity index (χ1n) is 11.2. The molecular weight excluding hydrogens is 428 g/mol. The molecule has 0 amide bonds. The van der Waals surface area contributed by atoms with Crippen molar-refractivity contribution in [3.05, 3.63) is 23.8 Å². The van der Waals surface area contributed by atoms with E-state index < -0.39 is 11.5 Å². The lowest BCUT2D eigenvalue weighted by atomic mass is 10.0. The Morgan fingerprint density at radius 3 is 2.45 bits per heavy atom. The molecule has 11 heteroatoms. The Kier molecular flexibility index (Phi) is 9.93. The highest BCUT2D eigenvalue weighted by atomic mass is 16.5. The first kappa shape index (κ1) is 26.9. The predicted molar refractivity (Wildman–Crippen MR) is 120 cm³/mol. The number of aryl methyl sites for hydroxylation is 1. The molecular formula is C22H38N6O5. The average molecular weight is 467 g/mol. The van der Waals surface area contributed by atoms with Crippen molar-refractivity contribution in [2.45, 2.75) is 72.3 Å². The van der Waals surface area contributed by atoms with E-state index in [1.165, 1.54) is 7.11 Å². The topological polar surface area (TPSA) is 115 Å². The minimum atomic E-state index is -0.469. The molecule has 2 aromatic rings. The SMILES string of the molecule is CCOCC(COCc1cn(CC(C)(C)OCCC(C)(C)n2cc(C)nn2)nn1)C(=O)OC. The Balaban J connectivity index is 1.79. The largest absolute Gasteiger partial charge is 0.469 e. The van der Waals surface area contributed by atoms with Gasteiger partial charge in [0.05, 0.1) is 56.5 Å². The third kappa shape index (κ3) is 8.82. The number of methoxy groups -OCH3 is 1. The van der Waals surface area contributed by atoms with Crippen molar-refractivity contribution in [1.82, 2.24) is 30.0 Å². The summed E-state index contributed by atoms with van der Waals surface area (Å²) in [5.74, 6) is -0.823. The molecule has 0 saturated carbocycles. The maximum atomic E-state index is 11.8. The van der Waals surface area contributed by atoms with Crippen molar-refractivity contribution in [2.75, 3.05) is 33.5 Å². The zero-order valence-electron chi connectivity index (χ0n) is 20.9. The lowest BCUT2D eigenvalue weighted by molar-refractivity contribution is -0.150. The predicted octanol–water partition coefficient (Wildman–Crippen LogP) is 2.14. The van der Waals surface area contributed by atoms with E-state index >= 15 is 0 Å². The minimum absolute atomic E-state index is 0.190. The fourth-order valence-electron chi connectivity index (χ4n) is 3.17. The standard InChI is InChI=1S/C22H38N6O5/c1-8-31-13-18(20(29)30-7)14-32-15-19-12-27(25-24-19)16-22(5,6)33-10-9-21(3,4)28-11-17(2)23-26-28/h11-12,18H,8-10,13-16H2,1-7H3. The van der Waals surface area contributed by atoms with Gasteiger partial charge < -0.3 is 18.9 Å². The molecule has 0 saturated heterocycles. The summed E-state index contributed by atoms with van der Waals surface area (Å²) < 4.78 is 25.5. The van der Waals surface area contributed by atoms with Crippen LogP contribution in [0.5, 0.6) is 0 Å². The third-order valence-corrected chi connectivity index (χ3v) is 5.19. The van der Waals surface area contributed by atoms with Gasteiger partial charge in [0.1, 0.15) is 11.6 Å². The van der Waals surface area contributed by atoms with Crippen molar-refractivity contribution in [2.24, 2.45) is 5.92 Å². The van der Waals surface area contributed by atoms with Crippen LogP contribution in [0.1, 0.15) is 52.4 Å². The molecule has 0 aromatic carbocycles. The zero-order valence-corrected chi connectivity index (χ0v) is 20.9. The number of nitrogens with zero attached hydrogens (tertiary/aromatic N) is 6. The van der Waals surface area contributed by atoms with Crippen LogP contribution in [0.4, 0.5) is 0 Å². The Labute approximate surface area is 195 Å². The van der Waals surface area contributed by atoms with Gasteiger partial charge in [0.25, 0.3) is 0 Å². The van der Waals surface area contributed by atoms with Crippen LogP contribution >= 0.6 is 0 Å². The smallest absolute Gasteiger partial charge is 0.313 e. The van der Waals surface area contributed by atoms with Gasteiger partial charge in [-0.1, -0.05) is 10.4 Å². The van der Waals surface area contributed by atoms with Gasteiger partial charge in [-0.15, -0.1) is 10.2 Å². The van der Waals surface area contributed by atoms with Gasteiger partial charge in [-0.2, -0.15) is 0 Å². The highest BCUT2D eigenvalue weighted by Crippen LogP contribution is 2.21. The lowest BCUT2D eigenvalue weighted by Gasteiger charge is -2.29. The Bertz CT molecular complexity index is 863. The zero-order chi connectivity index (χ0) is 24.5. The second-order valence-corrected chi connectivity index (χ2v) is 9.28. The normalized spacial score (nSPS) is 13.3. The Morgan fingerprint density at radius 1 is 1.09 bits per heavy atom. The van der Waals surface area contributed by atoms with Crippen LogP contribution in [-0.4, -0.2) is 75.1 Å². The first-order chi connectivity index (χ1) is 15.6. The molecule has 0 fully saturated rings. The van der Waals surface area contributed by atoms with Gasteiger partial charge in [-0.3, -0.25) is 4.79 Å². The van der Waals surface area contributed by atoms with Crippen LogP contribution in [-0.2, 0) is 42.4 Å². The van der Waals surface area contributed by atoms with E-state index in [-0.39, 0.29) is 31.3 Å². The van der Waals surface area contributed by atoms with Gasteiger partial charge in [0.2, 0.25) is 0 Å². The molecule has 33 heavy (non-hydrogen) atoms. The highest BCUT2D eigenvalue weighted by molar-refractivity contribution is 5.72. The van der Waals surface area contributed by atoms with E-state index in [0.717, 1.165) is 12.1 Å². The number of carbonyl (C=O) groups excluding carboxylic acids is 1. The molecule has 0 aliphatic carbocycles. The first-order valence-corrected chi connectivity index (χ1v) is 11.2. The average Bonchev–Trinajstić information content (AvgIpc) is 3.38. The van der Waals surface area contributed by atoms with E-state index in [4.69, 9.17) is 18.9 Å².